The molecule has 0 spiro atoms. The minimum atomic E-state index is -3.86. The van der Waals surface area contributed by atoms with Crippen molar-refractivity contribution in [2.75, 3.05) is 11.8 Å². The van der Waals surface area contributed by atoms with Crippen LogP contribution >= 0.6 is 0 Å². The molecule has 0 radical (unpaired) electrons. The number of ether oxygens (including phenoxy) is 1. The second-order valence-corrected chi connectivity index (χ2v) is 8.26. The molecule has 0 fully saturated rings. The minimum absolute atomic E-state index is 0.00381. The molecule has 0 bridgehead atoms. The van der Waals surface area contributed by atoms with Gasteiger partial charge < -0.3 is 15.8 Å². The number of sulfonamides is 1. The monoisotopic (exact) mass is 439 g/mol. The Hall–Kier alpha value is -3.85. The first-order valence-electron chi connectivity index (χ1n) is 9.23. The molecular weight excluding hydrogens is 418 g/mol. The molecular formula is C22H21N3O5S. The lowest BCUT2D eigenvalue weighted by Gasteiger charge is -2.12. The molecule has 0 saturated carbocycles. The predicted molar refractivity (Wildman–Crippen MR) is 116 cm³/mol. The molecule has 0 aliphatic rings. The third-order valence-electron chi connectivity index (χ3n) is 4.44. The number of anilines is 1. The molecule has 2 amide bonds. The van der Waals surface area contributed by atoms with E-state index in [1.807, 2.05) is 0 Å². The van der Waals surface area contributed by atoms with Crippen LogP contribution in [0.15, 0.2) is 77.7 Å². The van der Waals surface area contributed by atoms with Gasteiger partial charge in [-0.1, -0.05) is 24.3 Å². The fraction of sp³-hybridized carbons (Fsp3) is 0.0909. The van der Waals surface area contributed by atoms with E-state index in [2.05, 4.69) is 10.0 Å². The number of methoxy groups -OCH3 is 1. The van der Waals surface area contributed by atoms with E-state index in [1.54, 1.807) is 48.5 Å². The Morgan fingerprint density at radius 1 is 0.935 bits per heavy atom. The van der Waals surface area contributed by atoms with Crippen LogP contribution in [0.1, 0.15) is 26.3 Å². The van der Waals surface area contributed by atoms with Crippen molar-refractivity contribution in [3.63, 3.8) is 0 Å². The summed E-state index contributed by atoms with van der Waals surface area (Å²) in [5, 5.41) is 2.72. The summed E-state index contributed by atoms with van der Waals surface area (Å²) in [4.78, 5) is 23.6. The standard InChI is InChI=1S/C22H21N3O5S/c1-30-20-8-3-2-7-19(20)25-31(28,29)18-11-9-16(10-12-18)22(27)24-14-15-5-4-6-17(13-15)21(23)26/h2-13,25H,14H2,1H3,(H2,23,26)(H,24,27). The molecule has 4 N–H and O–H groups in total. The summed E-state index contributed by atoms with van der Waals surface area (Å²) in [6.07, 6.45) is 0. The number of carbonyl (C=O) groups excluding carboxylic acids is 2. The van der Waals surface area contributed by atoms with Gasteiger partial charge >= 0.3 is 0 Å². The number of nitrogens with two attached hydrogens (primary N) is 1. The maximum atomic E-state index is 12.6. The highest BCUT2D eigenvalue weighted by atomic mass is 32.2. The van der Waals surface area contributed by atoms with Gasteiger partial charge in [0.1, 0.15) is 5.75 Å². The Labute approximate surface area is 180 Å². The van der Waals surface area contributed by atoms with Gasteiger partial charge in [0.2, 0.25) is 5.91 Å². The number of para-hydroxylation sites is 2. The smallest absolute Gasteiger partial charge is 0.262 e. The van der Waals surface area contributed by atoms with E-state index in [9.17, 15) is 18.0 Å². The predicted octanol–water partition coefficient (Wildman–Crippen LogP) is 2.52. The number of nitrogens with one attached hydrogen (secondary N) is 2. The number of hydrogen-bond donors (Lipinski definition) is 3. The van der Waals surface area contributed by atoms with Crippen molar-refractivity contribution in [2.45, 2.75) is 11.4 Å². The second kappa shape index (κ2) is 9.31. The summed E-state index contributed by atoms with van der Waals surface area (Å²) in [5.41, 5.74) is 6.92. The normalized spacial score (nSPS) is 10.9. The van der Waals surface area contributed by atoms with E-state index in [0.29, 0.717) is 28.1 Å². The SMILES string of the molecule is COc1ccccc1NS(=O)(=O)c1ccc(C(=O)NCc2cccc(C(N)=O)c2)cc1. The maximum absolute atomic E-state index is 12.6. The summed E-state index contributed by atoms with van der Waals surface area (Å²) < 4.78 is 32.9. The van der Waals surface area contributed by atoms with Crippen LogP contribution in [-0.2, 0) is 16.6 Å². The zero-order chi connectivity index (χ0) is 22.4. The largest absolute Gasteiger partial charge is 0.495 e. The third-order valence-corrected chi connectivity index (χ3v) is 5.82. The number of amides is 2. The number of primary amides is 1. The molecule has 9 heteroatoms. The first kappa shape index (κ1) is 21.8. The van der Waals surface area contributed by atoms with Crippen LogP contribution in [0.25, 0.3) is 0 Å². The fourth-order valence-corrected chi connectivity index (χ4v) is 3.91. The Morgan fingerprint density at radius 2 is 1.65 bits per heavy atom. The minimum Gasteiger partial charge on any atom is -0.495 e. The lowest BCUT2D eigenvalue weighted by atomic mass is 10.1. The Bertz CT molecular complexity index is 1210. The molecule has 3 aromatic carbocycles. The fourth-order valence-electron chi connectivity index (χ4n) is 2.84. The molecule has 3 rings (SSSR count). The second-order valence-electron chi connectivity index (χ2n) is 6.58. The number of hydrogen-bond acceptors (Lipinski definition) is 5. The molecule has 3 aromatic rings. The molecule has 0 aromatic heterocycles. The van der Waals surface area contributed by atoms with Crippen molar-refractivity contribution in [3.05, 3.63) is 89.5 Å². The van der Waals surface area contributed by atoms with Crippen LogP contribution in [0.5, 0.6) is 5.75 Å². The van der Waals surface area contributed by atoms with E-state index in [4.69, 9.17) is 10.5 Å². The number of benzene rings is 3. The van der Waals surface area contributed by atoms with Gasteiger partial charge in [-0.25, -0.2) is 8.42 Å². The van der Waals surface area contributed by atoms with Gasteiger partial charge in [-0.2, -0.15) is 0 Å². The molecule has 8 nitrogen and oxygen atoms in total. The highest BCUT2D eigenvalue weighted by Crippen LogP contribution is 2.26. The Morgan fingerprint density at radius 3 is 2.32 bits per heavy atom. The molecule has 0 atom stereocenters. The highest BCUT2D eigenvalue weighted by Gasteiger charge is 2.17. The third kappa shape index (κ3) is 5.40. The average Bonchev–Trinajstić information content (AvgIpc) is 2.78. The van der Waals surface area contributed by atoms with Gasteiger partial charge in [0.05, 0.1) is 17.7 Å². The average molecular weight is 439 g/mol. The van der Waals surface area contributed by atoms with Crippen molar-refractivity contribution in [2.24, 2.45) is 5.73 Å². The van der Waals surface area contributed by atoms with E-state index in [-0.39, 0.29) is 17.3 Å². The van der Waals surface area contributed by atoms with Gasteiger partial charge in [-0.15, -0.1) is 0 Å². The lowest BCUT2D eigenvalue weighted by molar-refractivity contribution is 0.0950. The lowest BCUT2D eigenvalue weighted by Crippen LogP contribution is -2.23. The topological polar surface area (TPSA) is 128 Å². The van der Waals surface area contributed by atoms with Gasteiger partial charge in [0, 0.05) is 17.7 Å². The van der Waals surface area contributed by atoms with Crippen LogP contribution in [0.2, 0.25) is 0 Å². The summed E-state index contributed by atoms with van der Waals surface area (Å²) in [6.45, 7) is 0.190. The maximum Gasteiger partial charge on any atom is 0.262 e. The molecule has 0 aliphatic heterocycles. The van der Waals surface area contributed by atoms with E-state index < -0.39 is 15.9 Å². The van der Waals surface area contributed by atoms with Gasteiger partial charge in [0.25, 0.3) is 15.9 Å². The molecule has 160 valence electrons. The van der Waals surface area contributed by atoms with Crippen LogP contribution in [0.3, 0.4) is 0 Å². The molecule has 0 aliphatic carbocycles. The highest BCUT2D eigenvalue weighted by molar-refractivity contribution is 7.92. The van der Waals surface area contributed by atoms with E-state index >= 15 is 0 Å². The van der Waals surface area contributed by atoms with E-state index in [0.717, 1.165) is 0 Å². The van der Waals surface area contributed by atoms with Crippen LogP contribution < -0.4 is 20.5 Å². The van der Waals surface area contributed by atoms with Crippen molar-refractivity contribution >= 4 is 27.5 Å². The van der Waals surface area contributed by atoms with Gasteiger partial charge in [-0.3, -0.25) is 14.3 Å². The number of carbonyl (C=O) groups is 2. The van der Waals surface area contributed by atoms with Crippen molar-refractivity contribution in [3.8, 4) is 5.75 Å². The van der Waals surface area contributed by atoms with Gasteiger partial charge in [-0.05, 0) is 54.1 Å². The molecule has 0 unspecified atom stereocenters. The van der Waals surface area contributed by atoms with Crippen LogP contribution in [-0.4, -0.2) is 27.3 Å². The zero-order valence-corrected chi connectivity index (χ0v) is 17.5. The van der Waals surface area contributed by atoms with Crippen LogP contribution in [0, 0.1) is 0 Å². The van der Waals surface area contributed by atoms with Crippen molar-refractivity contribution in [1.82, 2.24) is 5.32 Å². The molecule has 31 heavy (non-hydrogen) atoms. The summed E-state index contributed by atoms with van der Waals surface area (Å²) in [7, 11) is -2.41. The van der Waals surface area contributed by atoms with Crippen molar-refractivity contribution < 1.29 is 22.7 Å². The first-order valence-corrected chi connectivity index (χ1v) is 10.7. The summed E-state index contributed by atoms with van der Waals surface area (Å²) in [6, 6.07) is 18.8. The van der Waals surface area contributed by atoms with Crippen molar-refractivity contribution in [1.29, 1.82) is 0 Å². The molecule has 0 heterocycles. The summed E-state index contributed by atoms with van der Waals surface area (Å²) >= 11 is 0. The van der Waals surface area contributed by atoms with Crippen LogP contribution in [0.4, 0.5) is 5.69 Å². The van der Waals surface area contributed by atoms with Gasteiger partial charge in [0.15, 0.2) is 0 Å². The first-order chi connectivity index (χ1) is 14.8. The Balaban J connectivity index is 1.68. The Kier molecular flexibility index (Phi) is 6.56. The van der Waals surface area contributed by atoms with E-state index in [1.165, 1.54) is 31.4 Å². The quantitative estimate of drug-likeness (QED) is 0.497. The summed E-state index contributed by atoms with van der Waals surface area (Å²) in [5.74, 6) is -0.541. The molecule has 0 saturated heterocycles. The number of rotatable bonds is 8. The zero-order valence-electron chi connectivity index (χ0n) is 16.7.